The lowest BCUT2D eigenvalue weighted by Crippen LogP contribution is -2.12. The van der Waals surface area contributed by atoms with E-state index in [2.05, 4.69) is 167 Å². The monoisotopic (exact) mass is 653 g/mol. The van der Waals surface area contributed by atoms with E-state index >= 15 is 0 Å². The number of hydrogen-bond acceptors (Lipinski definition) is 3. The Kier molecular flexibility index (Phi) is 6.78. The van der Waals surface area contributed by atoms with Crippen LogP contribution in [0, 0.1) is 0 Å². The zero-order valence-electron chi connectivity index (χ0n) is 27.6. The molecule has 4 nitrogen and oxygen atoms in total. The minimum Gasteiger partial charge on any atom is -0.435 e. The maximum Gasteiger partial charge on any atom is 0.227 e. The molecule has 8 aromatic carbocycles. The molecule has 0 atom stereocenters. The third-order valence-electron chi connectivity index (χ3n) is 9.80. The molecule has 0 saturated heterocycles. The van der Waals surface area contributed by atoms with Crippen LogP contribution >= 0.6 is 0 Å². The van der Waals surface area contributed by atoms with Gasteiger partial charge in [-0.3, -0.25) is 0 Å². The van der Waals surface area contributed by atoms with Crippen LogP contribution < -0.4 is 4.90 Å². The third-order valence-corrected chi connectivity index (χ3v) is 9.80. The van der Waals surface area contributed by atoms with Crippen molar-refractivity contribution in [1.82, 2.24) is 9.55 Å². The van der Waals surface area contributed by atoms with Crippen molar-refractivity contribution in [1.29, 1.82) is 0 Å². The largest absolute Gasteiger partial charge is 0.435 e. The number of hydrogen-bond donors (Lipinski definition) is 0. The molecular formula is C47H31N3O. The quantitative estimate of drug-likeness (QED) is 0.179. The first-order valence-corrected chi connectivity index (χ1v) is 17.2. The highest BCUT2D eigenvalue weighted by atomic mass is 16.3. The number of fused-ring (bicyclic) bond motifs is 6. The Hall–Kier alpha value is -6.91. The summed E-state index contributed by atoms with van der Waals surface area (Å²) in [6, 6.07) is 66.2. The summed E-state index contributed by atoms with van der Waals surface area (Å²) in [5, 5.41) is 4.52. The fourth-order valence-corrected chi connectivity index (χ4v) is 7.52. The van der Waals surface area contributed by atoms with Crippen LogP contribution in [0.3, 0.4) is 0 Å². The minimum absolute atomic E-state index is 0.609. The van der Waals surface area contributed by atoms with E-state index in [-0.39, 0.29) is 0 Å². The lowest BCUT2D eigenvalue weighted by Gasteiger charge is -2.29. The molecule has 10 rings (SSSR count). The van der Waals surface area contributed by atoms with Crippen molar-refractivity contribution in [3.63, 3.8) is 0 Å². The highest BCUT2D eigenvalue weighted by molar-refractivity contribution is 6.14. The second-order valence-electron chi connectivity index (χ2n) is 12.8. The first-order valence-electron chi connectivity index (χ1n) is 17.2. The molecule has 0 aliphatic heterocycles. The Morgan fingerprint density at radius 3 is 1.98 bits per heavy atom. The van der Waals surface area contributed by atoms with E-state index < -0.39 is 0 Å². The first-order chi connectivity index (χ1) is 25.3. The SMILES string of the molecule is c1ccc(-c2nc3ccc4cccc(N(c5ccc6c7ccccc7n(-c7ccccc7)c6c5)c5ccccc5-c5ccccc5)c4c3o2)cc1. The number of aromatic nitrogens is 2. The van der Waals surface area contributed by atoms with Gasteiger partial charge >= 0.3 is 0 Å². The lowest BCUT2D eigenvalue weighted by atomic mass is 10.00. The van der Waals surface area contributed by atoms with Gasteiger partial charge in [-0.2, -0.15) is 0 Å². The third kappa shape index (κ3) is 4.80. The Labute approximate surface area is 295 Å². The minimum atomic E-state index is 0.609. The average Bonchev–Trinajstić information content (AvgIpc) is 3.79. The van der Waals surface area contributed by atoms with Crippen LogP contribution in [0.4, 0.5) is 17.1 Å². The fraction of sp³-hybridized carbons (Fsp3) is 0. The van der Waals surface area contributed by atoms with E-state index in [1.807, 2.05) is 30.3 Å². The molecular weight excluding hydrogens is 623 g/mol. The van der Waals surface area contributed by atoms with Gasteiger partial charge in [0.1, 0.15) is 5.52 Å². The van der Waals surface area contributed by atoms with Crippen molar-refractivity contribution in [3.05, 3.63) is 188 Å². The second-order valence-corrected chi connectivity index (χ2v) is 12.8. The Morgan fingerprint density at radius 1 is 0.490 bits per heavy atom. The normalized spacial score (nSPS) is 11.5. The first kappa shape index (κ1) is 29.0. The van der Waals surface area contributed by atoms with Crippen molar-refractivity contribution < 1.29 is 4.42 Å². The van der Waals surface area contributed by atoms with Crippen molar-refractivity contribution in [2.75, 3.05) is 4.90 Å². The summed E-state index contributed by atoms with van der Waals surface area (Å²) in [6.07, 6.45) is 0. The highest BCUT2D eigenvalue weighted by Crippen LogP contribution is 2.47. The van der Waals surface area contributed by atoms with Gasteiger partial charge in [-0.15, -0.1) is 0 Å². The van der Waals surface area contributed by atoms with Crippen LogP contribution in [-0.4, -0.2) is 9.55 Å². The van der Waals surface area contributed by atoms with Gasteiger partial charge in [-0.05, 0) is 71.6 Å². The number of nitrogens with zero attached hydrogens (tertiary/aromatic N) is 3. The number of para-hydroxylation sites is 3. The van der Waals surface area contributed by atoms with Crippen molar-refractivity contribution in [2.24, 2.45) is 0 Å². The molecule has 0 aliphatic carbocycles. The lowest BCUT2D eigenvalue weighted by molar-refractivity contribution is 0.623. The van der Waals surface area contributed by atoms with E-state index in [4.69, 9.17) is 9.40 Å². The van der Waals surface area contributed by atoms with Gasteiger partial charge in [0.05, 0.1) is 27.8 Å². The Bertz CT molecular complexity index is 2850. The Morgan fingerprint density at radius 2 is 1.16 bits per heavy atom. The molecule has 4 heteroatoms. The summed E-state index contributed by atoms with van der Waals surface area (Å²) < 4.78 is 9.06. The fourth-order valence-electron chi connectivity index (χ4n) is 7.52. The van der Waals surface area contributed by atoms with Crippen molar-refractivity contribution in [2.45, 2.75) is 0 Å². The molecule has 2 aromatic heterocycles. The van der Waals surface area contributed by atoms with Crippen molar-refractivity contribution in [3.8, 4) is 28.3 Å². The smallest absolute Gasteiger partial charge is 0.227 e. The number of benzene rings is 8. The molecule has 51 heavy (non-hydrogen) atoms. The van der Waals surface area contributed by atoms with E-state index in [0.717, 1.165) is 66.8 Å². The standard InChI is InChI=1S/C47H31N3O/c1-4-15-32(16-5-1)37-22-10-12-24-41(37)50(36-28-29-39-38-23-11-13-25-42(38)49(44(39)31-36)35-20-8-3-9-21-35)43-26-14-19-33-27-30-40-46(45(33)43)51-47(48-40)34-17-6-2-7-18-34/h1-31H. The van der Waals surface area contributed by atoms with E-state index in [1.165, 1.54) is 16.3 Å². The average molecular weight is 654 g/mol. The van der Waals surface area contributed by atoms with Gasteiger partial charge in [-0.1, -0.05) is 127 Å². The van der Waals surface area contributed by atoms with Crippen LogP contribution in [0.5, 0.6) is 0 Å². The second kappa shape index (κ2) is 11.9. The molecule has 240 valence electrons. The van der Waals surface area contributed by atoms with Gasteiger partial charge in [-0.25, -0.2) is 4.98 Å². The van der Waals surface area contributed by atoms with Crippen LogP contribution in [0.1, 0.15) is 0 Å². The maximum atomic E-state index is 6.69. The van der Waals surface area contributed by atoms with Crippen LogP contribution in [0.25, 0.3) is 71.9 Å². The molecule has 0 saturated carbocycles. The predicted molar refractivity (Wildman–Crippen MR) is 211 cm³/mol. The van der Waals surface area contributed by atoms with Gasteiger partial charge in [0.15, 0.2) is 5.58 Å². The zero-order chi connectivity index (χ0) is 33.7. The highest BCUT2D eigenvalue weighted by Gasteiger charge is 2.23. The zero-order valence-corrected chi connectivity index (χ0v) is 27.6. The van der Waals surface area contributed by atoms with Gasteiger partial charge in [0.25, 0.3) is 0 Å². The number of anilines is 3. The van der Waals surface area contributed by atoms with Gasteiger partial charge in [0, 0.05) is 33.3 Å². The maximum absolute atomic E-state index is 6.69. The molecule has 0 N–H and O–H groups in total. The van der Waals surface area contributed by atoms with Crippen LogP contribution in [0.2, 0.25) is 0 Å². The molecule has 10 aromatic rings. The number of rotatable bonds is 6. The molecule has 0 aliphatic rings. The molecule has 0 radical (unpaired) electrons. The predicted octanol–water partition coefficient (Wildman–Crippen LogP) is 12.9. The molecule has 0 spiro atoms. The van der Waals surface area contributed by atoms with Crippen LogP contribution in [0.15, 0.2) is 192 Å². The van der Waals surface area contributed by atoms with Crippen LogP contribution in [-0.2, 0) is 0 Å². The van der Waals surface area contributed by atoms with E-state index in [9.17, 15) is 0 Å². The molecule has 0 amide bonds. The Balaban J connectivity index is 1.29. The molecule has 2 heterocycles. The van der Waals surface area contributed by atoms with E-state index in [0.29, 0.717) is 5.89 Å². The summed E-state index contributed by atoms with van der Waals surface area (Å²) in [4.78, 5) is 7.36. The van der Waals surface area contributed by atoms with Gasteiger partial charge in [0.2, 0.25) is 5.89 Å². The summed E-state index contributed by atoms with van der Waals surface area (Å²) >= 11 is 0. The van der Waals surface area contributed by atoms with Gasteiger partial charge < -0.3 is 13.9 Å². The van der Waals surface area contributed by atoms with Crippen molar-refractivity contribution >= 4 is 60.7 Å². The molecule has 0 bridgehead atoms. The summed E-state index contributed by atoms with van der Waals surface area (Å²) in [5.74, 6) is 0.609. The topological polar surface area (TPSA) is 34.2 Å². The van der Waals surface area contributed by atoms with E-state index in [1.54, 1.807) is 0 Å². The summed E-state index contributed by atoms with van der Waals surface area (Å²) in [5.41, 5.74) is 11.4. The molecule has 0 fully saturated rings. The molecule has 0 unspecified atom stereocenters. The summed E-state index contributed by atoms with van der Waals surface area (Å²) in [7, 11) is 0. The summed E-state index contributed by atoms with van der Waals surface area (Å²) in [6.45, 7) is 0. The number of oxazole rings is 1.